The van der Waals surface area contributed by atoms with Gasteiger partial charge >= 0.3 is 11.7 Å². The van der Waals surface area contributed by atoms with E-state index in [0.29, 0.717) is 28.2 Å². The zero-order valence-electron chi connectivity index (χ0n) is 19.0. The van der Waals surface area contributed by atoms with Crippen LogP contribution >= 0.6 is 11.3 Å². The lowest BCUT2D eigenvalue weighted by atomic mass is 10.1. The van der Waals surface area contributed by atoms with Crippen LogP contribution < -0.4 is 16.6 Å². The van der Waals surface area contributed by atoms with Crippen molar-refractivity contribution in [2.45, 2.75) is 47.6 Å². The van der Waals surface area contributed by atoms with Gasteiger partial charge < -0.3 is 10.1 Å². The summed E-state index contributed by atoms with van der Waals surface area (Å²) in [4.78, 5) is 56.4. The van der Waals surface area contributed by atoms with Gasteiger partial charge in [0.1, 0.15) is 17.2 Å². The van der Waals surface area contributed by atoms with Gasteiger partial charge in [0, 0.05) is 17.6 Å². The van der Waals surface area contributed by atoms with Gasteiger partial charge in [0.2, 0.25) is 5.91 Å². The molecule has 0 atom stereocenters. The van der Waals surface area contributed by atoms with E-state index in [0.717, 1.165) is 15.0 Å². The summed E-state index contributed by atoms with van der Waals surface area (Å²) < 4.78 is 7.29. The summed E-state index contributed by atoms with van der Waals surface area (Å²) in [5.74, 6) is -1.10. The second-order valence-corrected chi connectivity index (χ2v) is 8.70. The molecule has 0 aliphatic carbocycles. The van der Waals surface area contributed by atoms with Gasteiger partial charge in [-0.2, -0.15) is 0 Å². The Kier molecular flexibility index (Phi) is 6.63. The van der Waals surface area contributed by atoms with Crippen LogP contribution in [0.1, 0.15) is 45.9 Å². The summed E-state index contributed by atoms with van der Waals surface area (Å²) >= 11 is 1.26. The van der Waals surface area contributed by atoms with Crippen LogP contribution in [0.4, 0.5) is 5.00 Å². The minimum absolute atomic E-state index is 0.208. The van der Waals surface area contributed by atoms with Gasteiger partial charge in [0.05, 0.1) is 17.6 Å². The molecule has 9 nitrogen and oxygen atoms in total. The molecule has 1 N–H and O–H groups in total. The average Bonchev–Trinajstić information content (AvgIpc) is 3.03. The van der Waals surface area contributed by atoms with E-state index >= 15 is 0 Å². The highest BCUT2D eigenvalue weighted by Gasteiger charge is 2.24. The standard InChI is InChI=1S/C22H26N4O5S/c1-7-14-13(5)32-19(17(14)21(29)31-8-2)24-15(27)10-26-20(28)16-11(3)9-12(4)23-18(16)25(6)22(26)30/h9H,7-8,10H2,1-6H3,(H,24,27). The quantitative estimate of drug-likeness (QED) is 0.568. The van der Waals surface area contributed by atoms with Crippen molar-refractivity contribution in [1.82, 2.24) is 14.1 Å². The summed E-state index contributed by atoms with van der Waals surface area (Å²) in [6, 6.07) is 1.75. The van der Waals surface area contributed by atoms with E-state index in [1.54, 1.807) is 26.8 Å². The number of pyridine rings is 1. The summed E-state index contributed by atoms with van der Waals surface area (Å²) in [5, 5.41) is 3.33. The molecular weight excluding hydrogens is 432 g/mol. The maximum atomic E-state index is 13.0. The number of amides is 1. The van der Waals surface area contributed by atoms with Gasteiger partial charge in [0.25, 0.3) is 5.56 Å². The first-order valence-electron chi connectivity index (χ1n) is 10.3. The number of fused-ring (bicyclic) bond motifs is 1. The fourth-order valence-corrected chi connectivity index (χ4v) is 4.93. The molecule has 3 rings (SSSR count). The predicted molar refractivity (Wildman–Crippen MR) is 124 cm³/mol. The lowest BCUT2D eigenvalue weighted by molar-refractivity contribution is -0.116. The van der Waals surface area contributed by atoms with Crippen molar-refractivity contribution < 1.29 is 14.3 Å². The number of esters is 1. The molecule has 3 aromatic heterocycles. The van der Waals surface area contributed by atoms with Crippen molar-refractivity contribution in [1.29, 1.82) is 0 Å². The van der Waals surface area contributed by atoms with E-state index in [-0.39, 0.29) is 17.6 Å². The second kappa shape index (κ2) is 9.07. The van der Waals surface area contributed by atoms with Gasteiger partial charge in [0.15, 0.2) is 0 Å². The third-order valence-corrected chi connectivity index (χ3v) is 6.28. The number of aryl methyl sites for hydroxylation is 4. The van der Waals surface area contributed by atoms with Gasteiger partial charge in [-0.05, 0) is 51.3 Å². The molecule has 3 heterocycles. The van der Waals surface area contributed by atoms with E-state index in [9.17, 15) is 19.2 Å². The number of nitrogens with one attached hydrogen (secondary N) is 1. The van der Waals surface area contributed by atoms with Crippen molar-refractivity contribution in [3.63, 3.8) is 0 Å². The lowest BCUT2D eigenvalue weighted by Crippen LogP contribution is -2.42. The fourth-order valence-electron chi connectivity index (χ4n) is 3.78. The molecule has 32 heavy (non-hydrogen) atoms. The first-order chi connectivity index (χ1) is 15.1. The topological polar surface area (TPSA) is 112 Å². The molecule has 0 spiro atoms. The summed E-state index contributed by atoms with van der Waals surface area (Å²) in [6.45, 7) is 8.75. The zero-order chi connectivity index (χ0) is 23.7. The molecule has 0 aliphatic heterocycles. The molecule has 170 valence electrons. The maximum absolute atomic E-state index is 13.0. The number of rotatable bonds is 6. The van der Waals surface area contributed by atoms with E-state index < -0.39 is 29.7 Å². The average molecular weight is 459 g/mol. The van der Waals surface area contributed by atoms with Gasteiger partial charge in [-0.1, -0.05) is 6.92 Å². The van der Waals surface area contributed by atoms with Crippen LogP contribution in [0.3, 0.4) is 0 Å². The van der Waals surface area contributed by atoms with E-state index in [1.807, 2.05) is 13.8 Å². The van der Waals surface area contributed by atoms with Crippen LogP contribution in [0.25, 0.3) is 11.0 Å². The lowest BCUT2D eigenvalue weighted by Gasteiger charge is -2.12. The predicted octanol–water partition coefficient (Wildman–Crippen LogP) is 2.46. The summed E-state index contributed by atoms with van der Waals surface area (Å²) in [6.07, 6.45) is 0.600. The number of ether oxygens (including phenoxy) is 1. The first-order valence-corrected chi connectivity index (χ1v) is 11.1. The van der Waals surface area contributed by atoms with E-state index in [1.165, 1.54) is 23.0 Å². The van der Waals surface area contributed by atoms with Crippen LogP contribution in [0.2, 0.25) is 0 Å². The Labute approximate surface area is 188 Å². The largest absolute Gasteiger partial charge is 0.462 e. The minimum Gasteiger partial charge on any atom is -0.462 e. The molecule has 0 unspecified atom stereocenters. The maximum Gasteiger partial charge on any atom is 0.341 e. The van der Waals surface area contributed by atoms with Crippen molar-refractivity contribution in [2.75, 3.05) is 11.9 Å². The number of carbonyl (C=O) groups excluding carboxylic acids is 2. The number of hydrogen-bond donors (Lipinski definition) is 1. The Morgan fingerprint density at radius 3 is 2.50 bits per heavy atom. The molecule has 0 fully saturated rings. The zero-order valence-corrected chi connectivity index (χ0v) is 19.8. The van der Waals surface area contributed by atoms with Gasteiger partial charge in [-0.25, -0.2) is 14.6 Å². The van der Waals surface area contributed by atoms with Crippen LogP contribution in [-0.4, -0.2) is 32.6 Å². The summed E-state index contributed by atoms with van der Waals surface area (Å²) in [7, 11) is 1.51. The Bertz CT molecular complexity index is 1350. The number of hydrogen-bond acceptors (Lipinski definition) is 7. The number of nitrogens with zero attached hydrogens (tertiary/aromatic N) is 3. The van der Waals surface area contributed by atoms with E-state index in [4.69, 9.17) is 4.74 Å². The van der Waals surface area contributed by atoms with Crippen molar-refractivity contribution >= 4 is 39.2 Å². The number of carbonyl (C=O) groups is 2. The van der Waals surface area contributed by atoms with Crippen LogP contribution in [0, 0.1) is 20.8 Å². The molecule has 0 aromatic carbocycles. The van der Waals surface area contributed by atoms with Crippen LogP contribution in [-0.2, 0) is 29.5 Å². The third kappa shape index (κ3) is 4.10. The van der Waals surface area contributed by atoms with Crippen LogP contribution in [0.5, 0.6) is 0 Å². The Morgan fingerprint density at radius 2 is 1.88 bits per heavy atom. The molecule has 0 saturated heterocycles. The number of anilines is 1. The highest BCUT2D eigenvalue weighted by molar-refractivity contribution is 7.16. The van der Waals surface area contributed by atoms with Crippen molar-refractivity contribution in [2.24, 2.45) is 7.05 Å². The van der Waals surface area contributed by atoms with Gasteiger partial charge in [-0.3, -0.25) is 18.7 Å². The molecule has 0 bridgehead atoms. The first kappa shape index (κ1) is 23.4. The Hall–Kier alpha value is -3.27. The van der Waals surface area contributed by atoms with Crippen molar-refractivity contribution in [3.05, 3.63) is 54.2 Å². The molecule has 0 radical (unpaired) electrons. The molecule has 1 amide bonds. The molecule has 0 saturated carbocycles. The molecule has 0 aliphatic rings. The molecule has 3 aromatic rings. The number of aromatic nitrogens is 3. The van der Waals surface area contributed by atoms with Crippen LogP contribution in [0.15, 0.2) is 15.7 Å². The minimum atomic E-state index is -0.641. The monoisotopic (exact) mass is 458 g/mol. The second-order valence-electron chi connectivity index (χ2n) is 7.48. The normalized spacial score (nSPS) is 11.1. The van der Waals surface area contributed by atoms with E-state index in [2.05, 4.69) is 10.3 Å². The Morgan fingerprint density at radius 1 is 1.19 bits per heavy atom. The highest BCUT2D eigenvalue weighted by Crippen LogP contribution is 2.34. The Balaban J connectivity index is 2.02. The molecule has 10 heteroatoms. The third-order valence-electron chi connectivity index (χ3n) is 5.22. The smallest absolute Gasteiger partial charge is 0.341 e. The van der Waals surface area contributed by atoms with Crippen molar-refractivity contribution in [3.8, 4) is 0 Å². The molecular formula is C22H26N4O5S. The summed E-state index contributed by atoms with van der Waals surface area (Å²) in [5.41, 5.74) is 1.54. The highest BCUT2D eigenvalue weighted by atomic mass is 32.1. The SMILES string of the molecule is CCOC(=O)c1c(NC(=O)Cn2c(=O)c3c(C)cc(C)nc3n(C)c2=O)sc(C)c1CC. The fraction of sp³-hybridized carbons (Fsp3) is 0.409. The number of thiophene rings is 1. The van der Waals surface area contributed by atoms with Gasteiger partial charge in [-0.15, -0.1) is 11.3 Å².